The number of carbonyl (C=O) groups excluding carboxylic acids is 1. The highest BCUT2D eigenvalue weighted by atomic mass is 79.9. The van der Waals surface area contributed by atoms with Gasteiger partial charge in [0.25, 0.3) is 0 Å². The predicted octanol–water partition coefficient (Wildman–Crippen LogP) is 2.13. The highest BCUT2D eigenvalue weighted by Crippen LogP contribution is 2.07. The molecule has 0 fully saturated rings. The first-order valence-electron chi connectivity index (χ1n) is 4.31. The average Bonchev–Trinajstić information content (AvgIpc) is 1.94. The second kappa shape index (κ2) is 6.38. The Kier molecular flexibility index (Phi) is 6.33. The molecule has 0 N–H and O–H groups in total. The lowest BCUT2D eigenvalue weighted by molar-refractivity contribution is -0.155. The van der Waals surface area contributed by atoms with Crippen molar-refractivity contribution in [3.05, 3.63) is 0 Å². The molecule has 0 spiro atoms. The van der Waals surface area contributed by atoms with Gasteiger partial charge in [-0.05, 0) is 20.8 Å². The van der Waals surface area contributed by atoms with Gasteiger partial charge in [0.1, 0.15) is 5.60 Å². The van der Waals surface area contributed by atoms with Crippen molar-refractivity contribution in [2.75, 3.05) is 18.5 Å². The summed E-state index contributed by atoms with van der Waals surface area (Å²) in [7, 11) is 0. The van der Waals surface area contributed by atoms with Gasteiger partial charge >= 0.3 is 5.97 Å². The third-order valence-electron chi connectivity index (χ3n) is 1.09. The van der Waals surface area contributed by atoms with Gasteiger partial charge in [-0.3, -0.25) is 4.79 Å². The molecule has 0 aliphatic rings. The lowest BCUT2D eigenvalue weighted by Gasteiger charge is -2.19. The summed E-state index contributed by atoms with van der Waals surface area (Å²) < 4.78 is 10.2. The maximum atomic E-state index is 11.1. The fraction of sp³-hybridized carbons (Fsp3) is 0.889. The van der Waals surface area contributed by atoms with Crippen molar-refractivity contribution in [2.45, 2.75) is 32.8 Å². The normalized spacial score (nSPS) is 11.4. The van der Waals surface area contributed by atoms with Gasteiger partial charge in [0, 0.05) is 5.33 Å². The Morgan fingerprint density at radius 2 is 1.92 bits per heavy atom. The molecule has 4 heteroatoms. The molecule has 0 aliphatic heterocycles. The van der Waals surface area contributed by atoms with Gasteiger partial charge in [-0.15, -0.1) is 0 Å². The number of alkyl halides is 1. The third-order valence-corrected chi connectivity index (χ3v) is 1.42. The van der Waals surface area contributed by atoms with E-state index < -0.39 is 5.60 Å². The number of ether oxygens (including phenoxy) is 2. The molecule has 78 valence electrons. The summed E-state index contributed by atoms with van der Waals surface area (Å²) in [6, 6.07) is 0. The Morgan fingerprint density at radius 3 is 2.38 bits per heavy atom. The van der Waals surface area contributed by atoms with Gasteiger partial charge in [-0.1, -0.05) is 15.9 Å². The highest BCUT2D eigenvalue weighted by molar-refractivity contribution is 9.09. The van der Waals surface area contributed by atoms with Gasteiger partial charge in [0.15, 0.2) is 0 Å². The smallest absolute Gasteiger partial charge is 0.308 e. The SMILES string of the molecule is CC(C)(C)OC(=O)CCOCCBr. The molecule has 13 heavy (non-hydrogen) atoms. The molecule has 0 saturated carbocycles. The van der Waals surface area contributed by atoms with Crippen LogP contribution in [0.3, 0.4) is 0 Å². The molecule has 3 nitrogen and oxygen atoms in total. The standard InChI is InChI=1S/C9H17BrO3/c1-9(2,3)13-8(11)4-6-12-7-5-10/h4-7H2,1-3H3. The Balaban J connectivity index is 3.41. The number of esters is 1. The predicted molar refractivity (Wildman–Crippen MR) is 55.1 cm³/mol. The Labute approximate surface area is 87.9 Å². The van der Waals surface area contributed by atoms with Gasteiger partial charge in [-0.25, -0.2) is 0 Å². The van der Waals surface area contributed by atoms with Crippen molar-refractivity contribution in [2.24, 2.45) is 0 Å². The van der Waals surface area contributed by atoms with Crippen LogP contribution in [0.1, 0.15) is 27.2 Å². The van der Waals surface area contributed by atoms with Crippen molar-refractivity contribution in [1.29, 1.82) is 0 Å². The van der Waals surface area contributed by atoms with Crippen LogP contribution in [-0.4, -0.2) is 30.1 Å². The van der Waals surface area contributed by atoms with E-state index in [1.54, 1.807) is 0 Å². The van der Waals surface area contributed by atoms with Crippen molar-refractivity contribution in [3.8, 4) is 0 Å². The van der Waals surface area contributed by atoms with E-state index >= 15 is 0 Å². The molecule has 0 rings (SSSR count). The topological polar surface area (TPSA) is 35.5 Å². The molecule has 0 atom stereocenters. The van der Waals surface area contributed by atoms with Crippen LogP contribution < -0.4 is 0 Å². The van der Waals surface area contributed by atoms with Crippen LogP contribution >= 0.6 is 15.9 Å². The van der Waals surface area contributed by atoms with E-state index in [0.29, 0.717) is 19.6 Å². The largest absolute Gasteiger partial charge is 0.460 e. The zero-order valence-corrected chi connectivity index (χ0v) is 10.0. The Hall–Kier alpha value is -0.0900. The van der Waals surface area contributed by atoms with Gasteiger partial charge in [0.05, 0.1) is 19.6 Å². The first-order valence-corrected chi connectivity index (χ1v) is 5.43. The fourth-order valence-corrected chi connectivity index (χ4v) is 0.934. The summed E-state index contributed by atoms with van der Waals surface area (Å²) in [4.78, 5) is 11.1. The molecule has 0 amide bonds. The lowest BCUT2D eigenvalue weighted by Crippen LogP contribution is -2.24. The fourth-order valence-electron chi connectivity index (χ4n) is 0.705. The Morgan fingerprint density at radius 1 is 1.31 bits per heavy atom. The molecule has 0 heterocycles. The first kappa shape index (κ1) is 12.9. The van der Waals surface area contributed by atoms with Crippen LogP contribution in [0.5, 0.6) is 0 Å². The van der Waals surface area contributed by atoms with Crippen LogP contribution in [0.25, 0.3) is 0 Å². The van der Waals surface area contributed by atoms with E-state index in [1.807, 2.05) is 20.8 Å². The first-order chi connectivity index (χ1) is 5.95. The van der Waals surface area contributed by atoms with Crippen LogP contribution in [0.2, 0.25) is 0 Å². The van der Waals surface area contributed by atoms with Crippen LogP contribution in [0.4, 0.5) is 0 Å². The molecular formula is C9H17BrO3. The minimum atomic E-state index is -0.396. The molecular weight excluding hydrogens is 236 g/mol. The second-order valence-electron chi connectivity index (χ2n) is 3.64. The van der Waals surface area contributed by atoms with Crippen molar-refractivity contribution < 1.29 is 14.3 Å². The average molecular weight is 253 g/mol. The monoisotopic (exact) mass is 252 g/mol. The molecule has 0 aromatic rings. The van der Waals surface area contributed by atoms with Crippen LogP contribution in [0, 0.1) is 0 Å². The van der Waals surface area contributed by atoms with E-state index in [4.69, 9.17) is 9.47 Å². The quantitative estimate of drug-likeness (QED) is 0.427. The zero-order valence-electron chi connectivity index (χ0n) is 8.43. The minimum absolute atomic E-state index is 0.206. The summed E-state index contributed by atoms with van der Waals surface area (Å²) in [6.07, 6.45) is 0.324. The van der Waals surface area contributed by atoms with Crippen molar-refractivity contribution >= 4 is 21.9 Å². The number of halogens is 1. The summed E-state index contributed by atoms with van der Waals surface area (Å²) >= 11 is 3.22. The van der Waals surface area contributed by atoms with E-state index in [0.717, 1.165) is 5.33 Å². The molecule has 0 aliphatic carbocycles. The van der Waals surface area contributed by atoms with E-state index in [1.165, 1.54) is 0 Å². The van der Waals surface area contributed by atoms with Gasteiger partial charge in [0.2, 0.25) is 0 Å². The van der Waals surface area contributed by atoms with Crippen LogP contribution in [0.15, 0.2) is 0 Å². The maximum absolute atomic E-state index is 11.1. The molecule has 0 radical (unpaired) electrons. The highest BCUT2D eigenvalue weighted by Gasteiger charge is 2.15. The summed E-state index contributed by atoms with van der Waals surface area (Å²) in [5.74, 6) is -0.206. The number of hydrogen-bond donors (Lipinski definition) is 0. The summed E-state index contributed by atoms with van der Waals surface area (Å²) in [5, 5.41) is 0.793. The summed E-state index contributed by atoms with van der Waals surface area (Å²) in [6.45, 7) is 6.61. The van der Waals surface area contributed by atoms with Gasteiger partial charge < -0.3 is 9.47 Å². The molecule has 0 aromatic heterocycles. The van der Waals surface area contributed by atoms with Gasteiger partial charge in [-0.2, -0.15) is 0 Å². The lowest BCUT2D eigenvalue weighted by atomic mass is 10.2. The molecule has 0 aromatic carbocycles. The summed E-state index contributed by atoms with van der Waals surface area (Å²) in [5.41, 5.74) is -0.396. The molecule has 0 bridgehead atoms. The minimum Gasteiger partial charge on any atom is -0.460 e. The van der Waals surface area contributed by atoms with E-state index in [9.17, 15) is 4.79 Å². The number of carbonyl (C=O) groups is 1. The zero-order chi connectivity index (χ0) is 10.3. The number of hydrogen-bond acceptors (Lipinski definition) is 3. The maximum Gasteiger partial charge on any atom is 0.308 e. The second-order valence-corrected chi connectivity index (χ2v) is 4.43. The Bertz CT molecular complexity index is 151. The van der Waals surface area contributed by atoms with E-state index in [2.05, 4.69) is 15.9 Å². The van der Waals surface area contributed by atoms with Crippen molar-refractivity contribution in [3.63, 3.8) is 0 Å². The molecule has 0 unspecified atom stereocenters. The molecule has 0 saturated heterocycles. The third kappa shape index (κ3) is 9.83. The number of rotatable bonds is 5. The van der Waals surface area contributed by atoms with Crippen molar-refractivity contribution in [1.82, 2.24) is 0 Å². The van der Waals surface area contributed by atoms with E-state index in [-0.39, 0.29) is 5.97 Å². The van der Waals surface area contributed by atoms with Crippen LogP contribution in [-0.2, 0) is 14.3 Å².